The first-order valence-electron chi connectivity index (χ1n) is 6.12. The van der Waals surface area contributed by atoms with Gasteiger partial charge in [-0.1, -0.05) is 33.1 Å². The normalized spacial score (nSPS) is 19.5. The lowest BCUT2D eigenvalue weighted by Gasteiger charge is -2.26. The van der Waals surface area contributed by atoms with Crippen LogP contribution in [-0.4, -0.2) is 12.6 Å². The second kappa shape index (κ2) is 6.85. The van der Waals surface area contributed by atoms with Gasteiger partial charge in [-0.15, -0.1) is 0 Å². The molecule has 0 aromatic heterocycles. The molecule has 0 bridgehead atoms. The Kier molecular flexibility index (Phi) is 5.73. The highest BCUT2D eigenvalue weighted by Gasteiger charge is 2.25. The molecule has 1 rings (SSSR count). The second-order valence-electron chi connectivity index (χ2n) is 4.20. The topological polar surface area (TPSA) is 47.3 Å². The summed E-state index contributed by atoms with van der Waals surface area (Å²) in [5.74, 6) is 7.28. The Morgan fingerprint density at radius 2 is 2.33 bits per heavy atom. The number of ether oxygens (including phenoxy) is 1. The number of rotatable bonds is 7. The molecular weight excluding hydrogens is 188 g/mol. The van der Waals surface area contributed by atoms with Gasteiger partial charge in [-0.05, 0) is 18.4 Å². The standard InChI is InChI=1S/C12H24N2O/c1-3-5-7-10(4-2)12(14-13)11-8-6-9-15-11/h8,10,12,14H,3-7,9,13H2,1-2H3. The molecule has 0 radical (unpaired) electrons. The van der Waals surface area contributed by atoms with Crippen LogP contribution in [0.15, 0.2) is 11.8 Å². The van der Waals surface area contributed by atoms with Crippen molar-refractivity contribution < 1.29 is 4.74 Å². The molecule has 0 spiro atoms. The molecule has 0 aromatic rings. The summed E-state index contributed by atoms with van der Waals surface area (Å²) < 4.78 is 5.59. The Morgan fingerprint density at radius 3 is 2.80 bits per heavy atom. The summed E-state index contributed by atoms with van der Waals surface area (Å²) in [7, 11) is 0. The van der Waals surface area contributed by atoms with E-state index in [4.69, 9.17) is 10.6 Å². The molecule has 2 unspecified atom stereocenters. The zero-order valence-corrected chi connectivity index (χ0v) is 9.96. The Morgan fingerprint density at radius 1 is 1.53 bits per heavy atom. The van der Waals surface area contributed by atoms with E-state index >= 15 is 0 Å². The van der Waals surface area contributed by atoms with Crippen LogP contribution < -0.4 is 11.3 Å². The van der Waals surface area contributed by atoms with Gasteiger partial charge in [0.05, 0.1) is 12.6 Å². The van der Waals surface area contributed by atoms with E-state index in [1.807, 2.05) is 0 Å². The molecule has 3 nitrogen and oxygen atoms in total. The van der Waals surface area contributed by atoms with Crippen LogP contribution in [0.25, 0.3) is 0 Å². The second-order valence-corrected chi connectivity index (χ2v) is 4.20. The van der Waals surface area contributed by atoms with E-state index in [9.17, 15) is 0 Å². The third kappa shape index (κ3) is 3.50. The molecule has 0 amide bonds. The van der Waals surface area contributed by atoms with Crippen LogP contribution in [-0.2, 0) is 4.74 Å². The van der Waals surface area contributed by atoms with E-state index in [0.29, 0.717) is 5.92 Å². The molecule has 3 heteroatoms. The minimum atomic E-state index is 0.212. The monoisotopic (exact) mass is 212 g/mol. The summed E-state index contributed by atoms with van der Waals surface area (Å²) in [5.41, 5.74) is 2.91. The van der Waals surface area contributed by atoms with Crippen LogP contribution >= 0.6 is 0 Å². The van der Waals surface area contributed by atoms with Gasteiger partial charge in [0.1, 0.15) is 5.76 Å². The van der Waals surface area contributed by atoms with Crippen LogP contribution in [0.2, 0.25) is 0 Å². The van der Waals surface area contributed by atoms with Gasteiger partial charge in [0.2, 0.25) is 0 Å². The van der Waals surface area contributed by atoms with Crippen molar-refractivity contribution in [1.29, 1.82) is 0 Å². The average Bonchev–Trinajstić information content (AvgIpc) is 2.77. The summed E-state index contributed by atoms with van der Waals surface area (Å²) in [5, 5.41) is 0. The minimum absolute atomic E-state index is 0.212. The molecule has 2 atom stereocenters. The maximum Gasteiger partial charge on any atom is 0.111 e. The maximum atomic E-state index is 5.63. The van der Waals surface area contributed by atoms with Crippen LogP contribution in [0.3, 0.4) is 0 Å². The van der Waals surface area contributed by atoms with Crippen molar-refractivity contribution >= 4 is 0 Å². The van der Waals surface area contributed by atoms with Crippen molar-refractivity contribution in [2.75, 3.05) is 6.61 Å². The SMILES string of the molecule is CCCCC(CC)C(NN)C1=CCCO1. The molecular formula is C12H24N2O. The molecule has 0 saturated carbocycles. The zero-order valence-electron chi connectivity index (χ0n) is 9.96. The summed E-state index contributed by atoms with van der Waals surface area (Å²) >= 11 is 0. The van der Waals surface area contributed by atoms with Gasteiger partial charge in [0.15, 0.2) is 0 Å². The minimum Gasteiger partial charge on any atom is -0.496 e. The number of hydrazine groups is 1. The molecule has 1 heterocycles. The first-order chi connectivity index (χ1) is 7.33. The number of nitrogens with two attached hydrogens (primary N) is 1. The largest absolute Gasteiger partial charge is 0.496 e. The fourth-order valence-electron chi connectivity index (χ4n) is 2.18. The zero-order chi connectivity index (χ0) is 11.1. The van der Waals surface area contributed by atoms with Crippen LogP contribution in [0.5, 0.6) is 0 Å². The number of hydrogen-bond donors (Lipinski definition) is 2. The fraction of sp³-hybridized carbons (Fsp3) is 0.833. The van der Waals surface area contributed by atoms with Crippen LogP contribution in [0.1, 0.15) is 46.0 Å². The van der Waals surface area contributed by atoms with Crippen molar-refractivity contribution in [2.24, 2.45) is 11.8 Å². The average molecular weight is 212 g/mol. The molecule has 15 heavy (non-hydrogen) atoms. The van der Waals surface area contributed by atoms with E-state index < -0.39 is 0 Å². The highest BCUT2D eigenvalue weighted by molar-refractivity contribution is 5.08. The predicted octanol–water partition coefficient (Wildman–Crippen LogP) is 2.34. The lowest BCUT2D eigenvalue weighted by atomic mass is 9.90. The molecule has 1 aliphatic heterocycles. The van der Waals surface area contributed by atoms with E-state index in [2.05, 4.69) is 25.3 Å². The number of nitrogens with one attached hydrogen (secondary N) is 1. The predicted molar refractivity (Wildman–Crippen MR) is 63.1 cm³/mol. The van der Waals surface area contributed by atoms with Gasteiger partial charge in [-0.2, -0.15) is 0 Å². The van der Waals surface area contributed by atoms with Crippen molar-refractivity contribution in [2.45, 2.75) is 52.0 Å². The smallest absolute Gasteiger partial charge is 0.111 e. The van der Waals surface area contributed by atoms with Crippen LogP contribution in [0.4, 0.5) is 0 Å². The molecule has 0 aromatic carbocycles. The third-order valence-electron chi connectivity index (χ3n) is 3.14. The molecule has 0 saturated heterocycles. The Labute approximate surface area is 93.0 Å². The van der Waals surface area contributed by atoms with E-state index in [1.165, 1.54) is 19.3 Å². The van der Waals surface area contributed by atoms with Crippen molar-refractivity contribution in [1.82, 2.24) is 5.43 Å². The Hall–Kier alpha value is -0.540. The van der Waals surface area contributed by atoms with Gasteiger partial charge in [-0.25, -0.2) is 5.43 Å². The Balaban J connectivity index is 2.53. The lowest BCUT2D eigenvalue weighted by Crippen LogP contribution is -2.42. The van der Waals surface area contributed by atoms with Gasteiger partial charge < -0.3 is 4.74 Å². The summed E-state index contributed by atoms with van der Waals surface area (Å²) in [6.07, 6.45) is 8.08. The van der Waals surface area contributed by atoms with E-state index in [-0.39, 0.29) is 6.04 Å². The molecule has 88 valence electrons. The molecule has 1 aliphatic rings. The van der Waals surface area contributed by atoms with E-state index in [0.717, 1.165) is 25.2 Å². The highest BCUT2D eigenvalue weighted by atomic mass is 16.5. The first kappa shape index (κ1) is 12.5. The lowest BCUT2D eigenvalue weighted by molar-refractivity contribution is 0.186. The molecule has 0 aliphatic carbocycles. The van der Waals surface area contributed by atoms with Gasteiger partial charge >= 0.3 is 0 Å². The summed E-state index contributed by atoms with van der Waals surface area (Å²) in [6, 6.07) is 0.212. The molecule has 0 fully saturated rings. The van der Waals surface area contributed by atoms with Gasteiger partial charge in [0.25, 0.3) is 0 Å². The fourth-order valence-corrected chi connectivity index (χ4v) is 2.18. The van der Waals surface area contributed by atoms with Crippen molar-refractivity contribution in [3.63, 3.8) is 0 Å². The third-order valence-corrected chi connectivity index (χ3v) is 3.14. The summed E-state index contributed by atoms with van der Waals surface area (Å²) in [4.78, 5) is 0. The van der Waals surface area contributed by atoms with Gasteiger partial charge in [-0.3, -0.25) is 5.84 Å². The molecule has 3 N–H and O–H groups in total. The van der Waals surface area contributed by atoms with E-state index in [1.54, 1.807) is 0 Å². The summed E-state index contributed by atoms with van der Waals surface area (Å²) in [6.45, 7) is 5.26. The quantitative estimate of drug-likeness (QED) is 0.503. The number of unbranched alkanes of at least 4 members (excludes halogenated alkanes) is 1. The maximum absolute atomic E-state index is 5.63. The van der Waals surface area contributed by atoms with Gasteiger partial charge in [0, 0.05) is 6.42 Å². The number of hydrogen-bond acceptors (Lipinski definition) is 3. The van der Waals surface area contributed by atoms with Crippen LogP contribution in [0, 0.1) is 5.92 Å². The van der Waals surface area contributed by atoms with Crippen molar-refractivity contribution in [3.05, 3.63) is 11.8 Å². The highest BCUT2D eigenvalue weighted by Crippen LogP contribution is 2.25. The van der Waals surface area contributed by atoms with Crippen molar-refractivity contribution in [3.8, 4) is 0 Å². The first-order valence-corrected chi connectivity index (χ1v) is 6.12. The Bertz CT molecular complexity index is 204.